The van der Waals surface area contributed by atoms with E-state index in [4.69, 9.17) is 34.8 Å². The molecule has 2 amide bonds. The van der Waals surface area contributed by atoms with E-state index in [-0.39, 0.29) is 17.7 Å². The molecule has 1 fully saturated rings. The number of rotatable bonds is 4. The standard InChI is InChI=1S/C22H18Cl3N3O2S/c23-15-3-1-14(2-4-15)21(30)28-9-7-13(8-10-28)20(29)27-22-26-19(12-31-22)17-6-5-16(24)11-18(17)25/h1-6,11-13H,7-10H2,(H,26,27,29). The number of anilines is 1. The maximum Gasteiger partial charge on any atom is 0.253 e. The van der Waals surface area contributed by atoms with Gasteiger partial charge in [0.15, 0.2) is 5.13 Å². The molecule has 1 aliphatic rings. The summed E-state index contributed by atoms with van der Waals surface area (Å²) in [6.07, 6.45) is 1.21. The van der Waals surface area contributed by atoms with Crippen LogP contribution in [-0.4, -0.2) is 34.8 Å². The van der Waals surface area contributed by atoms with Crippen LogP contribution in [0.2, 0.25) is 15.1 Å². The highest BCUT2D eigenvalue weighted by Crippen LogP contribution is 2.32. The molecule has 0 radical (unpaired) electrons. The topological polar surface area (TPSA) is 62.3 Å². The lowest BCUT2D eigenvalue weighted by Crippen LogP contribution is -2.41. The Morgan fingerprint density at radius 1 is 1.00 bits per heavy atom. The van der Waals surface area contributed by atoms with E-state index >= 15 is 0 Å². The molecular formula is C22H18Cl3N3O2S. The van der Waals surface area contributed by atoms with Crippen LogP contribution >= 0.6 is 46.1 Å². The van der Waals surface area contributed by atoms with Crippen LogP contribution in [0.15, 0.2) is 47.8 Å². The number of nitrogens with zero attached hydrogens (tertiary/aromatic N) is 2. The smallest absolute Gasteiger partial charge is 0.253 e. The van der Waals surface area contributed by atoms with E-state index in [0.29, 0.717) is 57.4 Å². The summed E-state index contributed by atoms with van der Waals surface area (Å²) in [5, 5.41) is 6.92. The lowest BCUT2D eigenvalue weighted by molar-refractivity contribution is -0.121. The number of likely N-dealkylation sites (tertiary alicyclic amines) is 1. The summed E-state index contributed by atoms with van der Waals surface area (Å²) in [6.45, 7) is 1.06. The maximum atomic E-state index is 12.7. The second-order valence-electron chi connectivity index (χ2n) is 7.22. The lowest BCUT2D eigenvalue weighted by atomic mass is 9.95. The monoisotopic (exact) mass is 493 g/mol. The van der Waals surface area contributed by atoms with Gasteiger partial charge in [0.1, 0.15) is 0 Å². The van der Waals surface area contributed by atoms with Crippen molar-refractivity contribution in [3.05, 3.63) is 68.5 Å². The Morgan fingerprint density at radius 3 is 2.35 bits per heavy atom. The van der Waals surface area contributed by atoms with E-state index in [2.05, 4.69) is 10.3 Å². The minimum atomic E-state index is -0.166. The van der Waals surface area contributed by atoms with E-state index in [1.165, 1.54) is 11.3 Å². The van der Waals surface area contributed by atoms with Gasteiger partial charge in [-0.25, -0.2) is 4.98 Å². The Bertz CT molecular complexity index is 1110. The lowest BCUT2D eigenvalue weighted by Gasteiger charge is -2.31. The second kappa shape index (κ2) is 9.57. The normalized spacial score (nSPS) is 14.5. The maximum absolute atomic E-state index is 12.7. The van der Waals surface area contributed by atoms with Gasteiger partial charge in [-0.2, -0.15) is 0 Å². The zero-order chi connectivity index (χ0) is 22.0. The first-order valence-electron chi connectivity index (χ1n) is 9.67. The van der Waals surface area contributed by atoms with Gasteiger partial charge in [0.05, 0.1) is 10.7 Å². The highest BCUT2D eigenvalue weighted by molar-refractivity contribution is 7.14. The van der Waals surface area contributed by atoms with E-state index in [1.807, 2.05) is 5.38 Å². The van der Waals surface area contributed by atoms with Gasteiger partial charge in [-0.05, 0) is 55.3 Å². The third-order valence-corrected chi connectivity index (χ3v) is 6.74. The van der Waals surface area contributed by atoms with Crippen LogP contribution < -0.4 is 5.32 Å². The second-order valence-corrected chi connectivity index (χ2v) is 9.36. The number of piperidine rings is 1. The molecule has 0 saturated carbocycles. The van der Waals surface area contributed by atoms with Crippen LogP contribution in [0.4, 0.5) is 5.13 Å². The Hall–Kier alpha value is -2.12. The summed E-state index contributed by atoms with van der Waals surface area (Å²) >= 11 is 19.4. The van der Waals surface area contributed by atoms with Crippen molar-refractivity contribution in [3.63, 3.8) is 0 Å². The van der Waals surface area contributed by atoms with Crippen LogP contribution in [0.3, 0.4) is 0 Å². The Kier molecular flexibility index (Phi) is 6.82. The highest BCUT2D eigenvalue weighted by atomic mass is 35.5. The van der Waals surface area contributed by atoms with E-state index in [1.54, 1.807) is 47.4 Å². The molecule has 0 unspecified atom stereocenters. The molecule has 0 atom stereocenters. The van der Waals surface area contributed by atoms with Gasteiger partial charge in [-0.15, -0.1) is 11.3 Å². The van der Waals surface area contributed by atoms with Crippen LogP contribution in [0.5, 0.6) is 0 Å². The molecule has 0 bridgehead atoms. The van der Waals surface area contributed by atoms with Crippen molar-refractivity contribution in [2.75, 3.05) is 18.4 Å². The summed E-state index contributed by atoms with van der Waals surface area (Å²) in [5.41, 5.74) is 2.05. The number of hydrogen-bond donors (Lipinski definition) is 1. The summed E-state index contributed by atoms with van der Waals surface area (Å²) < 4.78 is 0. The first-order chi connectivity index (χ1) is 14.9. The largest absolute Gasteiger partial charge is 0.339 e. The van der Waals surface area contributed by atoms with E-state index in [9.17, 15) is 9.59 Å². The molecule has 5 nitrogen and oxygen atoms in total. The van der Waals surface area contributed by atoms with Crippen molar-refractivity contribution < 1.29 is 9.59 Å². The predicted molar refractivity (Wildman–Crippen MR) is 126 cm³/mol. The van der Waals surface area contributed by atoms with Crippen molar-refractivity contribution in [1.82, 2.24) is 9.88 Å². The molecular weight excluding hydrogens is 477 g/mol. The summed E-state index contributed by atoms with van der Waals surface area (Å²) in [4.78, 5) is 31.6. The summed E-state index contributed by atoms with van der Waals surface area (Å²) in [5.74, 6) is -0.289. The van der Waals surface area contributed by atoms with Crippen LogP contribution in [0.1, 0.15) is 23.2 Å². The number of nitrogens with one attached hydrogen (secondary N) is 1. The quantitative estimate of drug-likeness (QED) is 0.465. The number of hydrogen-bond acceptors (Lipinski definition) is 4. The first kappa shape index (κ1) is 22.1. The SMILES string of the molecule is O=C(Nc1nc(-c2ccc(Cl)cc2Cl)cs1)C1CCN(C(=O)c2ccc(Cl)cc2)CC1. The molecule has 2 aromatic carbocycles. The van der Waals surface area contributed by atoms with Crippen LogP contribution in [-0.2, 0) is 4.79 Å². The zero-order valence-corrected chi connectivity index (χ0v) is 19.4. The minimum absolute atomic E-state index is 0.0417. The third kappa shape index (κ3) is 5.21. The van der Waals surface area contributed by atoms with Crippen molar-refractivity contribution in [3.8, 4) is 11.3 Å². The number of halogens is 3. The molecule has 1 N–H and O–H groups in total. The fraction of sp³-hybridized carbons (Fsp3) is 0.227. The average Bonchev–Trinajstić information content (AvgIpc) is 3.22. The molecule has 4 rings (SSSR count). The van der Waals surface area contributed by atoms with Crippen LogP contribution in [0.25, 0.3) is 11.3 Å². The Balaban J connectivity index is 1.34. The molecule has 160 valence electrons. The molecule has 1 aliphatic heterocycles. The number of thiazole rings is 1. The fourth-order valence-electron chi connectivity index (χ4n) is 3.48. The van der Waals surface area contributed by atoms with Gasteiger partial charge in [-0.1, -0.05) is 34.8 Å². The molecule has 9 heteroatoms. The number of carbonyl (C=O) groups is 2. The van der Waals surface area contributed by atoms with Gasteiger partial charge in [0.25, 0.3) is 5.91 Å². The molecule has 31 heavy (non-hydrogen) atoms. The van der Waals surface area contributed by atoms with Crippen LogP contribution in [0, 0.1) is 5.92 Å². The number of benzene rings is 2. The average molecular weight is 495 g/mol. The van der Waals surface area contributed by atoms with Crippen molar-refractivity contribution >= 4 is 63.1 Å². The number of amides is 2. The van der Waals surface area contributed by atoms with Gasteiger partial charge in [0.2, 0.25) is 5.91 Å². The Labute approximate surface area is 198 Å². The molecule has 0 spiro atoms. The zero-order valence-electron chi connectivity index (χ0n) is 16.3. The van der Waals surface area contributed by atoms with E-state index < -0.39 is 0 Å². The summed E-state index contributed by atoms with van der Waals surface area (Å²) in [7, 11) is 0. The molecule has 3 aromatic rings. The van der Waals surface area contributed by atoms with Gasteiger partial charge in [0, 0.05) is 45.6 Å². The summed E-state index contributed by atoms with van der Waals surface area (Å²) in [6, 6.07) is 12.1. The fourth-order valence-corrected chi connectivity index (χ4v) is 4.82. The number of carbonyl (C=O) groups excluding carboxylic acids is 2. The molecule has 2 heterocycles. The van der Waals surface area contributed by atoms with Crippen molar-refractivity contribution in [1.29, 1.82) is 0 Å². The minimum Gasteiger partial charge on any atom is -0.339 e. The van der Waals surface area contributed by atoms with Crippen molar-refractivity contribution in [2.45, 2.75) is 12.8 Å². The van der Waals surface area contributed by atoms with Gasteiger partial charge in [-0.3, -0.25) is 9.59 Å². The Morgan fingerprint density at radius 2 is 1.68 bits per heavy atom. The van der Waals surface area contributed by atoms with Gasteiger partial charge >= 0.3 is 0 Å². The predicted octanol–water partition coefficient (Wildman–Crippen LogP) is 6.26. The first-order valence-corrected chi connectivity index (χ1v) is 11.7. The number of aromatic nitrogens is 1. The molecule has 0 aliphatic carbocycles. The van der Waals surface area contributed by atoms with E-state index in [0.717, 1.165) is 5.56 Å². The van der Waals surface area contributed by atoms with Crippen molar-refractivity contribution in [2.24, 2.45) is 5.92 Å². The van der Waals surface area contributed by atoms with Gasteiger partial charge < -0.3 is 10.2 Å². The molecule has 1 saturated heterocycles. The highest BCUT2D eigenvalue weighted by Gasteiger charge is 2.28. The third-order valence-electron chi connectivity index (χ3n) is 5.19. The molecule has 1 aromatic heterocycles.